The van der Waals surface area contributed by atoms with Gasteiger partial charge in [0, 0.05) is 34.4 Å². The van der Waals surface area contributed by atoms with Crippen molar-refractivity contribution in [3.05, 3.63) is 256 Å². The number of nitrogens with zero attached hydrogens (tertiary/aromatic N) is 2. The van der Waals surface area contributed by atoms with Gasteiger partial charge in [0.1, 0.15) is 8.07 Å². The van der Waals surface area contributed by atoms with Crippen LogP contribution in [0.4, 0.5) is 22.7 Å². The molecule has 0 bridgehead atoms. The summed E-state index contributed by atoms with van der Waals surface area (Å²) >= 11 is 0. The van der Waals surface area contributed by atoms with E-state index in [4.69, 9.17) is 0 Å². The number of fused-ring (bicyclic) bond motifs is 9. The Balaban J connectivity index is 0.939. The largest absolute Gasteiger partial charge is 0.362 e. The molecule has 0 radical (unpaired) electrons. The quantitative estimate of drug-likeness (QED) is 0.0931. The molecule has 1 fully saturated rings. The zero-order valence-electron chi connectivity index (χ0n) is 40.8. The van der Waals surface area contributed by atoms with Crippen molar-refractivity contribution in [3.63, 3.8) is 0 Å². The van der Waals surface area contributed by atoms with E-state index in [1.807, 2.05) is 0 Å². The summed E-state index contributed by atoms with van der Waals surface area (Å²) in [5.74, 6) is 0. The molecular weight excluding hydrogens is 873 g/mol. The molecule has 9 aromatic rings. The molecule has 0 saturated carbocycles. The first-order chi connectivity index (χ1) is 35.0. The Morgan fingerprint density at radius 2 is 1.15 bits per heavy atom. The van der Waals surface area contributed by atoms with Crippen molar-refractivity contribution >= 4 is 80.5 Å². The van der Waals surface area contributed by atoms with Crippen molar-refractivity contribution in [2.45, 2.75) is 69.0 Å². The van der Waals surface area contributed by atoms with Crippen LogP contribution in [-0.4, -0.2) is 20.2 Å². The summed E-state index contributed by atoms with van der Waals surface area (Å²) in [7, 11) is -1.90. The fourth-order valence-electron chi connectivity index (χ4n) is 14.5. The molecule has 2 aliphatic carbocycles. The molecule has 2 nitrogen and oxygen atoms in total. The molecule has 0 amide bonds. The number of allylic oxidation sites excluding steroid dienone is 2. The summed E-state index contributed by atoms with van der Waals surface area (Å²) in [5.41, 5.74) is 18.2. The first-order valence-corrected chi connectivity index (χ1v) is 28.6. The molecule has 3 aliphatic heterocycles. The van der Waals surface area contributed by atoms with E-state index in [0.29, 0.717) is 0 Å². The van der Waals surface area contributed by atoms with Gasteiger partial charge < -0.3 is 9.80 Å². The smallest absolute Gasteiger partial charge is 0.123 e. The van der Waals surface area contributed by atoms with E-state index in [1.165, 1.54) is 131 Å². The lowest BCUT2D eigenvalue weighted by molar-refractivity contribution is 0.467. The van der Waals surface area contributed by atoms with Crippen LogP contribution >= 0.6 is 0 Å². The molecule has 14 rings (SSSR count). The molecular formula is C68H58N2Si. The van der Waals surface area contributed by atoms with Gasteiger partial charge in [-0.2, -0.15) is 0 Å². The molecule has 3 heterocycles. The van der Waals surface area contributed by atoms with Crippen molar-refractivity contribution in [1.82, 2.24) is 0 Å². The highest BCUT2D eigenvalue weighted by Gasteiger charge is 2.52. The predicted octanol–water partition coefficient (Wildman–Crippen LogP) is 15.9. The fourth-order valence-corrected chi connectivity index (χ4v) is 20.0. The van der Waals surface area contributed by atoms with E-state index in [9.17, 15) is 0 Å². The predicted molar refractivity (Wildman–Crippen MR) is 304 cm³/mol. The lowest BCUT2D eigenvalue weighted by atomic mass is 9.62. The van der Waals surface area contributed by atoms with Gasteiger partial charge in [0.25, 0.3) is 0 Å². The maximum absolute atomic E-state index is 2.72. The summed E-state index contributed by atoms with van der Waals surface area (Å²) in [6.45, 7) is 5.85. The molecule has 71 heavy (non-hydrogen) atoms. The fraction of sp³-hybridized carbons (Fsp3) is 0.176. The second-order valence-corrected chi connectivity index (χ2v) is 25.5. The van der Waals surface area contributed by atoms with E-state index in [0.717, 1.165) is 19.4 Å². The third-order valence-corrected chi connectivity index (χ3v) is 22.9. The molecule has 0 aromatic heterocycles. The second kappa shape index (κ2) is 16.3. The van der Waals surface area contributed by atoms with Gasteiger partial charge in [0.05, 0.1) is 16.6 Å². The average molecular weight is 931 g/mol. The van der Waals surface area contributed by atoms with E-state index in [-0.39, 0.29) is 5.54 Å². The summed E-state index contributed by atoms with van der Waals surface area (Å²) in [6, 6.07) is 76.9. The normalized spacial score (nSPS) is 20.6. The molecule has 344 valence electrons. The Hall–Kier alpha value is -7.46. The maximum Gasteiger partial charge on any atom is 0.123 e. The highest BCUT2D eigenvalue weighted by Crippen LogP contribution is 2.60. The first kappa shape index (κ1) is 42.4. The molecule has 5 aliphatic rings. The van der Waals surface area contributed by atoms with Crippen molar-refractivity contribution in [2.75, 3.05) is 16.3 Å². The van der Waals surface area contributed by atoms with Gasteiger partial charge in [-0.15, -0.1) is 0 Å². The van der Waals surface area contributed by atoms with Crippen molar-refractivity contribution in [3.8, 4) is 0 Å². The molecule has 2 atom stereocenters. The van der Waals surface area contributed by atoms with Crippen LogP contribution in [0.25, 0.3) is 39.3 Å². The third-order valence-electron chi connectivity index (χ3n) is 17.5. The van der Waals surface area contributed by atoms with Gasteiger partial charge in [-0.3, -0.25) is 0 Å². The van der Waals surface area contributed by atoms with Crippen LogP contribution in [0, 0.1) is 6.92 Å². The van der Waals surface area contributed by atoms with E-state index >= 15 is 0 Å². The van der Waals surface area contributed by atoms with Crippen LogP contribution in [0.1, 0.15) is 77.1 Å². The summed E-state index contributed by atoms with van der Waals surface area (Å²) in [5, 5.41) is 8.31. The molecule has 2 unspecified atom stereocenters. The van der Waals surface area contributed by atoms with Crippen LogP contribution in [0.2, 0.25) is 12.1 Å². The Bertz CT molecular complexity index is 3620. The average Bonchev–Trinajstić information content (AvgIpc) is 4.02. The Morgan fingerprint density at radius 1 is 0.549 bits per heavy atom. The minimum Gasteiger partial charge on any atom is -0.362 e. The van der Waals surface area contributed by atoms with Crippen molar-refractivity contribution in [2.24, 2.45) is 0 Å². The summed E-state index contributed by atoms with van der Waals surface area (Å²) < 4.78 is 0. The Morgan fingerprint density at radius 3 is 1.86 bits per heavy atom. The van der Waals surface area contributed by atoms with Crippen LogP contribution in [0.15, 0.2) is 212 Å². The highest BCUT2D eigenvalue weighted by molar-refractivity contribution is 7.05. The summed E-state index contributed by atoms with van der Waals surface area (Å²) in [6.07, 6.45) is 15.7. The van der Waals surface area contributed by atoms with Gasteiger partial charge in [0.15, 0.2) is 0 Å². The monoisotopic (exact) mass is 930 g/mol. The lowest BCUT2D eigenvalue weighted by Gasteiger charge is -2.48. The minimum atomic E-state index is -1.90. The highest BCUT2D eigenvalue weighted by atomic mass is 28.3. The van der Waals surface area contributed by atoms with Gasteiger partial charge >= 0.3 is 0 Å². The molecule has 1 spiro atoms. The van der Waals surface area contributed by atoms with Gasteiger partial charge in [0.2, 0.25) is 0 Å². The number of hydrogen-bond donors (Lipinski definition) is 0. The Labute approximate surface area is 420 Å². The number of hydrogen-bond acceptors (Lipinski definition) is 2. The Kier molecular flexibility index (Phi) is 9.74. The van der Waals surface area contributed by atoms with Crippen molar-refractivity contribution < 1.29 is 0 Å². The first-order valence-electron chi connectivity index (χ1n) is 26.1. The topological polar surface area (TPSA) is 6.48 Å². The van der Waals surface area contributed by atoms with Crippen LogP contribution in [-0.2, 0) is 11.8 Å². The second-order valence-electron chi connectivity index (χ2n) is 21.2. The zero-order valence-corrected chi connectivity index (χ0v) is 41.8. The standard InChI is InChI=1S/C68H58N2Si/c1-47-21-6-12-30-58(47)68(50-24-4-3-5-25-50)59-45-48(37-39-54(59)55-40-41-67(2,46-60(55)68)69-42-20-23-49-22-7-13-31-61(49)69)36-38-53-51-26-8-10-28-56(51)66(57-29-11-9-27-52(53)57)70-62-32-14-16-34-64(62)71(43-18-19-44-71)65-35-17-15-33-63(65)70/h3-17,21-22,24-41,45H,18-20,23,42-44,46H2,1-2H3. The van der Waals surface area contributed by atoms with E-state index in [2.05, 4.69) is 242 Å². The van der Waals surface area contributed by atoms with E-state index in [1.54, 1.807) is 10.4 Å². The van der Waals surface area contributed by atoms with Gasteiger partial charge in [-0.25, -0.2) is 0 Å². The van der Waals surface area contributed by atoms with Gasteiger partial charge in [-0.05, 0) is 146 Å². The number of benzene rings is 9. The molecule has 0 N–H and O–H groups in total. The maximum atomic E-state index is 2.72. The molecule has 3 heteroatoms. The lowest BCUT2D eigenvalue weighted by Crippen LogP contribution is -2.60. The molecule has 1 saturated heterocycles. The zero-order chi connectivity index (χ0) is 47.3. The van der Waals surface area contributed by atoms with Crippen molar-refractivity contribution in [1.29, 1.82) is 0 Å². The number of aryl methyl sites for hydroxylation is 2. The SMILES string of the molecule is Cc1ccccc1C1(c2ccccc2)C2=C(C=CC(C)(N3CCCc4ccccc43)C2)c2ccc(C=Cc3c4ccccc4c(N4c5ccccc5[Si]5(CCCC5)c5ccccc54)c4ccccc34)cc21. The van der Waals surface area contributed by atoms with Crippen LogP contribution in [0.3, 0.4) is 0 Å². The minimum absolute atomic E-state index is 0.199. The van der Waals surface area contributed by atoms with Crippen LogP contribution < -0.4 is 20.2 Å². The molecule has 9 aromatic carbocycles. The third kappa shape index (κ3) is 6.18. The number of para-hydroxylation sites is 3. The number of anilines is 4. The van der Waals surface area contributed by atoms with Crippen LogP contribution in [0.5, 0.6) is 0 Å². The van der Waals surface area contributed by atoms with Gasteiger partial charge in [-0.1, -0.05) is 207 Å². The summed E-state index contributed by atoms with van der Waals surface area (Å²) in [4.78, 5) is 5.36. The van der Waals surface area contributed by atoms with E-state index < -0.39 is 13.5 Å². The number of rotatable bonds is 6.